The van der Waals surface area contributed by atoms with Crippen molar-refractivity contribution in [2.75, 3.05) is 33.3 Å². The molecule has 1 aliphatic rings. The molecule has 138 valence electrons. The topological polar surface area (TPSA) is 53.0 Å². The van der Waals surface area contributed by atoms with Crippen LogP contribution in [0.1, 0.15) is 27.9 Å². The molecule has 1 fully saturated rings. The second-order valence-electron chi connectivity index (χ2n) is 6.76. The standard InChI is InChI=1S/C21H26N2O3/c1-26-20-9-5-18(6-10-20)16-23-12-2-11-22(13-14-23)15-17-3-7-19(8-4-17)21(24)25/h3-10H,2,11-16H2,1H3,(H,24,25). The third kappa shape index (κ3) is 5.07. The number of methoxy groups -OCH3 is 1. The predicted molar refractivity (Wildman–Crippen MR) is 102 cm³/mol. The van der Waals surface area contributed by atoms with Crippen LogP contribution in [0.2, 0.25) is 0 Å². The minimum absolute atomic E-state index is 0.343. The first kappa shape index (κ1) is 18.4. The minimum Gasteiger partial charge on any atom is -0.497 e. The second kappa shape index (κ2) is 8.83. The number of hydrogen-bond acceptors (Lipinski definition) is 4. The van der Waals surface area contributed by atoms with Gasteiger partial charge in [0.15, 0.2) is 0 Å². The van der Waals surface area contributed by atoms with Crippen LogP contribution in [-0.2, 0) is 13.1 Å². The Hall–Kier alpha value is -2.37. The first-order chi connectivity index (χ1) is 12.6. The molecule has 1 N–H and O–H groups in total. The summed E-state index contributed by atoms with van der Waals surface area (Å²) in [5.41, 5.74) is 2.82. The van der Waals surface area contributed by atoms with Crippen molar-refractivity contribution in [3.8, 4) is 5.75 Å². The highest BCUT2D eigenvalue weighted by atomic mass is 16.5. The Morgan fingerprint density at radius 2 is 1.38 bits per heavy atom. The molecule has 5 nitrogen and oxygen atoms in total. The maximum absolute atomic E-state index is 10.9. The number of carbonyl (C=O) groups is 1. The summed E-state index contributed by atoms with van der Waals surface area (Å²) in [6.07, 6.45) is 1.14. The summed E-state index contributed by atoms with van der Waals surface area (Å²) in [6.45, 7) is 6.07. The number of carboxylic acids is 1. The van der Waals surface area contributed by atoms with Crippen molar-refractivity contribution >= 4 is 5.97 Å². The van der Waals surface area contributed by atoms with Crippen molar-refractivity contribution < 1.29 is 14.6 Å². The van der Waals surface area contributed by atoms with Gasteiger partial charge in [-0.25, -0.2) is 4.79 Å². The van der Waals surface area contributed by atoms with Crippen LogP contribution in [0.3, 0.4) is 0 Å². The molecule has 1 aliphatic heterocycles. The smallest absolute Gasteiger partial charge is 0.335 e. The van der Waals surface area contributed by atoms with Crippen LogP contribution in [0.25, 0.3) is 0 Å². The first-order valence-corrected chi connectivity index (χ1v) is 9.04. The van der Waals surface area contributed by atoms with Crippen molar-refractivity contribution in [2.45, 2.75) is 19.5 Å². The van der Waals surface area contributed by atoms with Gasteiger partial charge in [0.05, 0.1) is 12.7 Å². The summed E-state index contributed by atoms with van der Waals surface area (Å²) < 4.78 is 5.22. The Balaban J connectivity index is 1.51. The van der Waals surface area contributed by atoms with E-state index in [1.165, 1.54) is 11.1 Å². The van der Waals surface area contributed by atoms with Crippen molar-refractivity contribution in [1.29, 1.82) is 0 Å². The fourth-order valence-electron chi connectivity index (χ4n) is 3.34. The molecule has 0 unspecified atom stereocenters. The Morgan fingerprint density at radius 3 is 1.85 bits per heavy atom. The fraction of sp³-hybridized carbons (Fsp3) is 0.381. The average molecular weight is 354 g/mol. The van der Waals surface area contributed by atoms with Crippen LogP contribution < -0.4 is 4.74 Å². The van der Waals surface area contributed by atoms with E-state index in [0.29, 0.717) is 5.56 Å². The molecule has 2 aromatic carbocycles. The normalized spacial score (nSPS) is 16.2. The molecule has 0 atom stereocenters. The zero-order valence-electron chi connectivity index (χ0n) is 15.2. The van der Waals surface area contributed by atoms with Gasteiger partial charge in [0.2, 0.25) is 0 Å². The molecule has 0 saturated carbocycles. The van der Waals surface area contributed by atoms with E-state index in [2.05, 4.69) is 21.9 Å². The van der Waals surface area contributed by atoms with Gasteiger partial charge in [0.1, 0.15) is 5.75 Å². The highest BCUT2D eigenvalue weighted by molar-refractivity contribution is 5.87. The van der Waals surface area contributed by atoms with Gasteiger partial charge in [0, 0.05) is 26.2 Å². The molecule has 0 spiro atoms. The third-order valence-corrected chi connectivity index (χ3v) is 4.85. The molecule has 1 heterocycles. The lowest BCUT2D eigenvalue weighted by Gasteiger charge is -2.22. The number of nitrogens with zero attached hydrogens (tertiary/aromatic N) is 2. The number of rotatable bonds is 6. The molecule has 3 rings (SSSR count). The number of benzene rings is 2. The van der Waals surface area contributed by atoms with Crippen LogP contribution in [0, 0.1) is 0 Å². The van der Waals surface area contributed by atoms with Gasteiger partial charge >= 0.3 is 5.97 Å². The van der Waals surface area contributed by atoms with Crippen molar-refractivity contribution in [3.63, 3.8) is 0 Å². The Kier molecular flexibility index (Phi) is 6.26. The lowest BCUT2D eigenvalue weighted by Crippen LogP contribution is -2.30. The molecule has 26 heavy (non-hydrogen) atoms. The van der Waals surface area contributed by atoms with Crippen LogP contribution in [0.5, 0.6) is 5.75 Å². The second-order valence-corrected chi connectivity index (χ2v) is 6.76. The summed E-state index contributed by atoms with van der Waals surface area (Å²) >= 11 is 0. The van der Waals surface area contributed by atoms with Gasteiger partial charge in [-0.2, -0.15) is 0 Å². The van der Waals surface area contributed by atoms with Crippen LogP contribution in [0.15, 0.2) is 48.5 Å². The minimum atomic E-state index is -0.875. The highest BCUT2D eigenvalue weighted by Crippen LogP contribution is 2.15. The molecule has 0 radical (unpaired) electrons. The van der Waals surface area contributed by atoms with Crippen molar-refractivity contribution in [3.05, 3.63) is 65.2 Å². The summed E-state index contributed by atoms with van der Waals surface area (Å²) in [5.74, 6) is 0.0187. The van der Waals surface area contributed by atoms with E-state index < -0.39 is 5.97 Å². The van der Waals surface area contributed by atoms with Crippen LogP contribution >= 0.6 is 0 Å². The van der Waals surface area contributed by atoms with E-state index in [4.69, 9.17) is 9.84 Å². The number of ether oxygens (including phenoxy) is 1. The lowest BCUT2D eigenvalue weighted by molar-refractivity contribution is 0.0697. The van der Waals surface area contributed by atoms with E-state index in [0.717, 1.165) is 51.4 Å². The van der Waals surface area contributed by atoms with Gasteiger partial charge in [-0.1, -0.05) is 24.3 Å². The number of carboxylic acid groups (broad SMARTS) is 1. The Morgan fingerprint density at radius 1 is 0.885 bits per heavy atom. The number of aromatic carboxylic acids is 1. The van der Waals surface area contributed by atoms with Gasteiger partial charge in [-0.15, -0.1) is 0 Å². The molecule has 0 amide bonds. The SMILES string of the molecule is COc1ccc(CN2CCCN(Cc3ccc(C(=O)O)cc3)CC2)cc1. The quantitative estimate of drug-likeness (QED) is 0.864. The Labute approximate surface area is 154 Å². The summed E-state index contributed by atoms with van der Waals surface area (Å²) in [6, 6.07) is 15.5. The van der Waals surface area contributed by atoms with E-state index in [1.807, 2.05) is 24.3 Å². The molecule has 5 heteroatoms. The molecular formula is C21H26N2O3. The first-order valence-electron chi connectivity index (χ1n) is 9.04. The molecule has 0 aliphatic carbocycles. The van der Waals surface area contributed by atoms with Crippen LogP contribution in [-0.4, -0.2) is 54.2 Å². The van der Waals surface area contributed by atoms with Crippen molar-refractivity contribution in [2.24, 2.45) is 0 Å². The zero-order chi connectivity index (χ0) is 18.4. The van der Waals surface area contributed by atoms with Gasteiger partial charge in [0.25, 0.3) is 0 Å². The fourth-order valence-corrected chi connectivity index (χ4v) is 3.34. The summed E-state index contributed by atoms with van der Waals surface area (Å²) in [5, 5.41) is 8.99. The van der Waals surface area contributed by atoms with Gasteiger partial charge < -0.3 is 9.84 Å². The predicted octanol–water partition coefficient (Wildman–Crippen LogP) is 3.10. The van der Waals surface area contributed by atoms with E-state index >= 15 is 0 Å². The van der Waals surface area contributed by atoms with Crippen LogP contribution in [0.4, 0.5) is 0 Å². The van der Waals surface area contributed by atoms with Gasteiger partial charge in [-0.3, -0.25) is 9.80 Å². The molecule has 0 aromatic heterocycles. The largest absolute Gasteiger partial charge is 0.497 e. The molecule has 0 bridgehead atoms. The van der Waals surface area contributed by atoms with E-state index in [-0.39, 0.29) is 0 Å². The highest BCUT2D eigenvalue weighted by Gasteiger charge is 2.15. The number of hydrogen-bond donors (Lipinski definition) is 1. The zero-order valence-corrected chi connectivity index (χ0v) is 15.2. The van der Waals surface area contributed by atoms with Crippen molar-refractivity contribution in [1.82, 2.24) is 9.80 Å². The molecule has 1 saturated heterocycles. The third-order valence-electron chi connectivity index (χ3n) is 4.85. The maximum atomic E-state index is 10.9. The molecule has 2 aromatic rings. The molecular weight excluding hydrogens is 328 g/mol. The van der Waals surface area contributed by atoms with Gasteiger partial charge in [-0.05, 0) is 54.9 Å². The monoisotopic (exact) mass is 354 g/mol. The maximum Gasteiger partial charge on any atom is 0.335 e. The summed E-state index contributed by atoms with van der Waals surface area (Å²) in [4.78, 5) is 15.9. The van der Waals surface area contributed by atoms with E-state index in [1.54, 1.807) is 19.2 Å². The summed E-state index contributed by atoms with van der Waals surface area (Å²) in [7, 11) is 1.69. The average Bonchev–Trinajstić information content (AvgIpc) is 2.88. The lowest BCUT2D eigenvalue weighted by atomic mass is 10.1. The van der Waals surface area contributed by atoms with E-state index in [9.17, 15) is 4.79 Å². The Bertz CT molecular complexity index is 713.